The maximum atomic E-state index is 13.7. The van der Waals surface area contributed by atoms with Gasteiger partial charge in [-0.1, -0.05) is 39.0 Å². The van der Waals surface area contributed by atoms with Gasteiger partial charge in [-0.05, 0) is 104 Å². The molecule has 0 spiro atoms. The highest BCUT2D eigenvalue weighted by molar-refractivity contribution is 6.49. The van der Waals surface area contributed by atoms with Gasteiger partial charge in [-0.2, -0.15) is 0 Å². The van der Waals surface area contributed by atoms with Crippen molar-refractivity contribution in [2.24, 2.45) is 17.8 Å². The van der Waals surface area contributed by atoms with Gasteiger partial charge in [-0.3, -0.25) is 4.79 Å². The molecule has 0 saturated heterocycles. The Morgan fingerprint density at radius 2 is 1.54 bits per heavy atom. The SMILES string of the molecule is C[SiH](C)Oc1c(C(=O)NCc2ccc(C(=O)O)cc2)ccc(C(C)(C)C)c1C12CC3CC(CC(C3)C1)C2. The number of carbonyl (C=O) groups excluding carboxylic acids is 1. The van der Waals surface area contributed by atoms with Crippen molar-refractivity contribution in [3.05, 3.63) is 64.2 Å². The molecule has 2 aromatic carbocycles. The molecule has 4 aliphatic rings. The molecule has 0 aliphatic heterocycles. The lowest BCUT2D eigenvalue weighted by atomic mass is 9.47. The molecular formula is C31H41NO4Si. The third-order valence-electron chi connectivity index (χ3n) is 8.79. The van der Waals surface area contributed by atoms with Crippen LogP contribution in [0.25, 0.3) is 0 Å². The second-order valence-electron chi connectivity index (χ2n) is 13.2. The first-order valence-electron chi connectivity index (χ1n) is 13.9. The number of benzene rings is 2. The third-order valence-corrected chi connectivity index (χ3v) is 9.49. The molecule has 37 heavy (non-hydrogen) atoms. The summed E-state index contributed by atoms with van der Waals surface area (Å²) in [4.78, 5) is 24.8. The number of carboxylic acids is 1. The molecule has 6 rings (SSSR count). The number of carbonyl (C=O) groups is 2. The van der Waals surface area contributed by atoms with Crippen LogP contribution in [0.15, 0.2) is 36.4 Å². The van der Waals surface area contributed by atoms with Gasteiger partial charge in [0.1, 0.15) is 5.75 Å². The molecule has 6 heteroatoms. The van der Waals surface area contributed by atoms with E-state index in [-0.39, 0.29) is 22.3 Å². The van der Waals surface area contributed by atoms with E-state index < -0.39 is 15.0 Å². The smallest absolute Gasteiger partial charge is 0.335 e. The highest BCUT2D eigenvalue weighted by Crippen LogP contribution is 2.63. The molecule has 0 heterocycles. The molecule has 4 fully saturated rings. The van der Waals surface area contributed by atoms with Gasteiger partial charge in [-0.25, -0.2) is 4.79 Å². The van der Waals surface area contributed by atoms with Crippen molar-refractivity contribution >= 4 is 20.9 Å². The van der Waals surface area contributed by atoms with E-state index in [0.29, 0.717) is 12.1 Å². The quantitative estimate of drug-likeness (QED) is 0.413. The Kier molecular flexibility index (Phi) is 6.76. The summed E-state index contributed by atoms with van der Waals surface area (Å²) in [7, 11) is -1.50. The van der Waals surface area contributed by atoms with Gasteiger partial charge in [0.2, 0.25) is 9.04 Å². The average Bonchev–Trinajstić information content (AvgIpc) is 2.80. The number of aromatic carboxylic acids is 1. The number of hydrogen-bond acceptors (Lipinski definition) is 3. The van der Waals surface area contributed by atoms with E-state index in [4.69, 9.17) is 9.53 Å². The monoisotopic (exact) mass is 519 g/mol. The first kappa shape index (κ1) is 26.0. The first-order chi connectivity index (χ1) is 17.4. The summed E-state index contributed by atoms with van der Waals surface area (Å²) >= 11 is 0. The predicted octanol–water partition coefficient (Wildman–Crippen LogP) is 6.44. The van der Waals surface area contributed by atoms with E-state index in [0.717, 1.165) is 29.1 Å². The van der Waals surface area contributed by atoms with E-state index in [9.17, 15) is 9.59 Å². The standard InChI is InChI=1S/C31H41NO4Si/c1-30(2,3)25-11-10-24(28(33)32-18-19-6-8-23(9-7-19)29(34)35)27(36-37(4)5)26(25)31-15-20-12-21(16-31)14-22(13-20)17-31/h6-11,20-22,37H,12-18H2,1-5H3,(H,32,33)(H,34,35). The highest BCUT2D eigenvalue weighted by Gasteiger charge is 2.54. The van der Waals surface area contributed by atoms with Gasteiger partial charge in [0.25, 0.3) is 5.91 Å². The fraction of sp³-hybridized carbons (Fsp3) is 0.548. The summed E-state index contributed by atoms with van der Waals surface area (Å²) in [5.74, 6) is 2.16. The van der Waals surface area contributed by atoms with E-state index >= 15 is 0 Å². The van der Waals surface area contributed by atoms with Crippen LogP contribution in [0.5, 0.6) is 5.75 Å². The molecule has 2 aromatic rings. The molecular weight excluding hydrogens is 478 g/mol. The van der Waals surface area contributed by atoms with Gasteiger partial charge in [-0.15, -0.1) is 0 Å². The van der Waals surface area contributed by atoms with E-state index in [2.05, 4.69) is 45.2 Å². The van der Waals surface area contributed by atoms with Crippen LogP contribution in [0.4, 0.5) is 0 Å². The maximum absolute atomic E-state index is 13.7. The van der Waals surface area contributed by atoms with Crippen molar-refractivity contribution in [2.75, 3.05) is 0 Å². The lowest BCUT2D eigenvalue weighted by molar-refractivity contribution is -0.00660. The van der Waals surface area contributed by atoms with Gasteiger partial charge in [0.05, 0.1) is 11.1 Å². The van der Waals surface area contributed by atoms with Crippen LogP contribution in [0.3, 0.4) is 0 Å². The summed E-state index contributed by atoms with van der Waals surface area (Å²) in [6, 6.07) is 10.8. The normalized spacial score (nSPS) is 26.4. The molecule has 0 atom stereocenters. The van der Waals surface area contributed by atoms with E-state index in [1.54, 1.807) is 24.3 Å². The van der Waals surface area contributed by atoms with Crippen LogP contribution in [0.1, 0.15) is 96.7 Å². The Morgan fingerprint density at radius 1 is 0.973 bits per heavy atom. The fourth-order valence-electron chi connectivity index (χ4n) is 7.73. The molecule has 1 amide bonds. The average molecular weight is 520 g/mol. The summed E-state index contributed by atoms with van der Waals surface area (Å²) in [6.45, 7) is 11.5. The summed E-state index contributed by atoms with van der Waals surface area (Å²) < 4.78 is 6.73. The van der Waals surface area contributed by atoms with Crippen molar-refractivity contribution in [2.45, 2.75) is 89.8 Å². The van der Waals surface area contributed by atoms with Gasteiger partial charge >= 0.3 is 5.97 Å². The highest BCUT2D eigenvalue weighted by atomic mass is 28.3. The first-order valence-corrected chi connectivity index (χ1v) is 16.7. The minimum atomic E-state index is -1.50. The van der Waals surface area contributed by atoms with E-state index in [1.165, 1.54) is 49.7 Å². The Bertz CT molecular complexity index is 1160. The van der Waals surface area contributed by atoms with Crippen LogP contribution in [-0.2, 0) is 17.4 Å². The van der Waals surface area contributed by atoms with Crippen LogP contribution >= 0.6 is 0 Å². The summed E-state index contributed by atoms with van der Waals surface area (Å²) in [6.07, 6.45) is 7.79. The molecule has 5 nitrogen and oxygen atoms in total. The molecule has 198 valence electrons. The van der Waals surface area contributed by atoms with Crippen LogP contribution in [0.2, 0.25) is 13.1 Å². The van der Waals surface area contributed by atoms with Crippen molar-refractivity contribution in [3.63, 3.8) is 0 Å². The Balaban J connectivity index is 1.54. The lowest BCUT2D eigenvalue weighted by Crippen LogP contribution is -2.49. The van der Waals surface area contributed by atoms with Crippen molar-refractivity contribution in [1.29, 1.82) is 0 Å². The Hall–Kier alpha value is -2.60. The number of nitrogens with one attached hydrogen (secondary N) is 1. The van der Waals surface area contributed by atoms with Crippen molar-refractivity contribution in [1.82, 2.24) is 5.32 Å². The number of carboxylic acid groups (broad SMARTS) is 1. The summed E-state index contributed by atoms with van der Waals surface area (Å²) in [5, 5.41) is 12.2. The van der Waals surface area contributed by atoms with Gasteiger partial charge in [0, 0.05) is 17.5 Å². The Morgan fingerprint density at radius 3 is 2.03 bits per heavy atom. The zero-order valence-electron chi connectivity index (χ0n) is 22.9. The molecule has 4 bridgehead atoms. The number of rotatable bonds is 7. The molecule has 0 radical (unpaired) electrons. The number of hydrogen-bond donors (Lipinski definition) is 2. The second-order valence-corrected chi connectivity index (χ2v) is 15.5. The molecule has 4 saturated carbocycles. The second kappa shape index (κ2) is 9.61. The zero-order chi connectivity index (χ0) is 26.5. The maximum Gasteiger partial charge on any atom is 0.335 e. The molecule has 0 unspecified atom stereocenters. The number of amides is 1. The Labute approximate surface area is 222 Å². The molecule has 0 aromatic heterocycles. The lowest BCUT2D eigenvalue weighted by Gasteiger charge is -2.58. The topological polar surface area (TPSA) is 75.6 Å². The third kappa shape index (κ3) is 5.09. The van der Waals surface area contributed by atoms with E-state index in [1.807, 2.05) is 6.07 Å². The minimum absolute atomic E-state index is 0.0454. The van der Waals surface area contributed by atoms with Crippen molar-refractivity contribution < 1.29 is 19.1 Å². The molecule has 4 aliphatic carbocycles. The van der Waals surface area contributed by atoms with Crippen LogP contribution < -0.4 is 9.74 Å². The van der Waals surface area contributed by atoms with Crippen LogP contribution in [0, 0.1) is 17.8 Å². The zero-order valence-corrected chi connectivity index (χ0v) is 24.0. The van der Waals surface area contributed by atoms with Gasteiger partial charge in [0.15, 0.2) is 0 Å². The van der Waals surface area contributed by atoms with Gasteiger partial charge < -0.3 is 14.8 Å². The fourth-order valence-corrected chi connectivity index (χ4v) is 8.45. The minimum Gasteiger partial charge on any atom is -0.546 e. The largest absolute Gasteiger partial charge is 0.546 e. The molecule has 2 N–H and O–H groups in total. The predicted molar refractivity (Wildman–Crippen MR) is 149 cm³/mol. The summed E-state index contributed by atoms with van der Waals surface area (Å²) in [5.41, 5.74) is 4.48. The van der Waals surface area contributed by atoms with Crippen LogP contribution in [-0.4, -0.2) is 26.0 Å². The van der Waals surface area contributed by atoms with Crippen molar-refractivity contribution in [3.8, 4) is 5.75 Å².